The molecule has 1 fully saturated rings. The second-order valence-corrected chi connectivity index (χ2v) is 7.64. The summed E-state index contributed by atoms with van der Waals surface area (Å²) in [6.07, 6.45) is 2.95. The van der Waals surface area contributed by atoms with E-state index in [1.165, 1.54) is 4.68 Å². The highest BCUT2D eigenvalue weighted by atomic mass is 19.1. The van der Waals surface area contributed by atoms with E-state index in [-0.39, 0.29) is 12.1 Å². The van der Waals surface area contributed by atoms with Crippen molar-refractivity contribution in [1.82, 2.24) is 29.7 Å². The molecular formula is C21H21FN6O. The molecule has 0 spiro atoms. The van der Waals surface area contributed by atoms with E-state index in [0.717, 1.165) is 33.5 Å². The maximum atomic E-state index is 14.3. The highest BCUT2D eigenvalue weighted by molar-refractivity contribution is 5.85. The molecule has 0 aliphatic carbocycles. The molecule has 2 unspecified atom stereocenters. The number of aryl methyl sites for hydroxylation is 2. The van der Waals surface area contributed by atoms with Crippen LogP contribution in [0, 0.1) is 13.8 Å². The van der Waals surface area contributed by atoms with Gasteiger partial charge in [0.25, 0.3) is 5.56 Å². The Kier molecular flexibility index (Phi) is 4.16. The standard InChI is InChI=1S/C21H21FN6O/c1-12-7-18(26-27-11-13(2)25-20(12)27)14-3-4-16-15(8-14)9-24-28(21(16)29)19-5-6-23-10-17(19)22/h3-4,7-9,11,17,19,23H,5-6,10H2,1-2H3. The summed E-state index contributed by atoms with van der Waals surface area (Å²) in [5.74, 6) is 0. The molecule has 1 N–H and O–H groups in total. The second kappa shape index (κ2) is 6.73. The number of benzene rings is 1. The average molecular weight is 392 g/mol. The normalized spacial score (nSPS) is 19.8. The van der Waals surface area contributed by atoms with Crippen LogP contribution in [0.3, 0.4) is 0 Å². The van der Waals surface area contributed by atoms with Gasteiger partial charge in [0.2, 0.25) is 0 Å². The van der Waals surface area contributed by atoms with Crippen LogP contribution in [0.5, 0.6) is 0 Å². The van der Waals surface area contributed by atoms with Crippen LogP contribution in [0.15, 0.2) is 41.5 Å². The van der Waals surface area contributed by atoms with Crippen molar-refractivity contribution >= 4 is 16.4 Å². The number of alkyl halides is 1. The lowest BCUT2D eigenvalue weighted by molar-refractivity contribution is 0.169. The number of piperidine rings is 1. The summed E-state index contributed by atoms with van der Waals surface area (Å²) in [7, 11) is 0. The van der Waals surface area contributed by atoms with E-state index >= 15 is 0 Å². The molecule has 4 heterocycles. The van der Waals surface area contributed by atoms with E-state index in [4.69, 9.17) is 0 Å². The van der Waals surface area contributed by atoms with Gasteiger partial charge in [-0.25, -0.2) is 18.6 Å². The Balaban J connectivity index is 1.59. The van der Waals surface area contributed by atoms with Crippen LogP contribution in [0.25, 0.3) is 27.7 Å². The molecule has 0 radical (unpaired) electrons. The van der Waals surface area contributed by atoms with Gasteiger partial charge in [-0.3, -0.25) is 4.79 Å². The molecule has 1 saturated heterocycles. The first-order chi connectivity index (χ1) is 14.0. The third kappa shape index (κ3) is 3.00. The molecule has 3 aromatic heterocycles. The van der Waals surface area contributed by atoms with E-state index in [0.29, 0.717) is 18.4 Å². The van der Waals surface area contributed by atoms with E-state index in [1.807, 2.05) is 38.2 Å². The number of nitrogens with one attached hydrogen (secondary N) is 1. The smallest absolute Gasteiger partial charge is 0.274 e. The molecule has 8 heteroatoms. The summed E-state index contributed by atoms with van der Waals surface area (Å²) in [6.45, 7) is 4.86. The summed E-state index contributed by atoms with van der Waals surface area (Å²) in [5, 5.41) is 13.2. The lowest BCUT2D eigenvalue weighted by Gasteiger charge is -2.27. The first-order valence-electron chi connectivity index (χ1n) is 9.71. The van der Waals surface area contributed by atoms with Gasteiger partial charge < -0.3 is 5.32 Å². The summed E-state index contributed by atoms with van der Waals surface area (Å²) in [6, 6.07) is 7.02. The Bertz CT molecular complexity index is 1290. The number of rotatable bonds is 2. The first-order valence-corrected chi connectivity index (χ1v) is 9.71. The quantitative estimate of drug-likeness (QED) is 0.567. The predicted molar refractivity (Wildman–Crippen MR) is 109 cm³/mol. The van der Waals surface area contributed by atoms with Crippen molar-refractivity contribution in [3.05, 3.63) is 58.3 Å². The Labute approximate surface area is 166 Å². The van der Waals surface area contributed by atoms with Crippen molar-refractivity contribution in [3.8, 4) is 11.3 Å². The van der Waals surface area contributed by atoms with Crippen LogP contribution in [0.1, 0.15) is 23.7 Å². The molecule has 1 aliphatic rings. The predicted octanol–water partition coefficient (Wildman–Crippen LogP) is 2.60. The molecule has 4 aromatic rings. The van der Waals surface area contributed by atoms with Crippen molar-refractivity contribution in [3.63, 3.8) is 0 Å². The fourth-order valence-corrected chi connectivity index (χ4v) is 4.03. The Morgan fingerprint density at radius 1 is 1.24 bits per heavy atom. The van der Waals surface area contributed by atoms with Crippen LogP contribution in [0.4, 0.5) is 4.39 Å². The van der Waals surface area contributed by atoms with E-state index in [2.05, 4.69) is 20.5 Å². The Hall–Kier alpha value is -3.13. The van der Waals surface area contributed by atoms with Crippen LogP contribution in [-0.2, 0) is 0 Å². The minimum Gasteiger partial charge on any atom is -0.314 e. The summed E-state index contributed by atoms with van der Waals surface area (Å²) in [5.41, 5.74) is 4.19. The van der Waals surface area contributed by atoms with Crippen molar-refractivity contribution in [2.45, 2.75) is 32.5 Å². The summed E-state index contributed by atoms with van der Waals surface area (Å²) in [4.78, 5) is 17.4. The van der Waals surface area contributed by atoms with Crippen molar-refractivity contribution in [1.29, 1.82) is 0 Å². The van der Waals surface area contributed by atoms with E-state index in [9.17, 15) is 9.18 Å². The number of halogens is 1. The van der Waals surface area contributed by atoms with Gasteiger partial charge >= 0.3 is 0 Å². The first kappa shape index (κ1) is 17.9. The largest absolute Gasteiger partial charge is 0.314 e. The number of fused-ring (bicyclic) bond motifs is 2. The molecule has 1 aliphatic heterocycles. The van der Waals surface area contributed by atoms with Crippen LogP contribution < -0.4 is 10.9 Å². The third-order valence-electron chi connectivity index (χ3n) is 5.52. The number of hydrogen-bond acceptors (Lipinski definition) is 5. The Morgan fingerprint density at radius 3 is 2.93 bits per heavy atom. The van der Waals surface area contributed by atoms with Crippen LogP contribution >= 0.6 is 0 Å². The molecule has 0 bridgehead atoms. The fraction of sp³-hybridized carbons (Fsp3) is 0.333. The number of imidazole rings is 1. The highest BCUT2D eigenvalue weighted by Crippen LogP contribution is 2.25. The van der Waals surface area contributed by atoms with Crippen molar-refractivity contribution < 1.29 is 4.39 Å². The highest BCUT2D eigenvalue weighted by Gasteiger charge is 2.28. The number of hydrogen-bond donors (Lipinski definition) is 1. The van der Waals surface area contributed by atoms with Crippen molar-refractivity contribution in [2.24, 2.45) is 0 Å². The van der Waals surface area contributed by atoms with Gasteiger partial charge in [-0.2, -0.15) is 10.2 Å². The van der Waals surface area contributed by atoms with Gasteiger partial charge in [-0.15, -0.1) is 0 Å². The van der Waals surface area contributed by atoms with E-state index < -0.39 is 12.2 Å². The third-order valence-corrected chi connectivity index (χ3v) is 5.52. The zero-order valence-electron chi connectivity index (χ0n) is 16.3. The van der Waals surface area contributed by atoms with E-state index in [1.54, 1.807) is 16.8 Å². The van der Waals surface area contributed by atoms with Gasteiger partial charge in [0, 0.05) is 17.5 Å². The fourth-order valence-electron chi connectivity index (χ4n) is 4.03. The number of aromatic nitrogens is 5. The van der Waals surface area contributed by atoms with Crippen molar-refractivity contribution in [2.75, 3.05) is 13.1 Å². The Morgan fingerprint density at radius 2 is 2.10 bits per heavy atom. The second-order valence-electron chi connectivity index (χ2n) is 7.64. The molecule has 1 aromatic carbocycles. The average Bonchev–Trinajstić information content (AvgIpc) is 3.10. The minimum absolute atomic E-state index is 0.247. The lowest BCUT2D eigenvalue weighted by Crippen LogP contribution is -2.43. The van der Waals surface area contributed by atoms with Crippen LogP contribution in [-0.4, -0.2) is 43.6 Å². The molecular weight excluding hydrogens is 371 g/mol. The zero-order valence-corrected chi connectivity index (χ0v) is 16.3. The number of nitrogens with zero attached hydrogens (tertiary/aromatic N) is 5. The monoisotopic (exact) mass is 392 g/mol. The van der Waals surface area contributed by atoms with Crippen LogP contribution in [0.2, 0.25) is 0 Å². The van der Waals surface area contributed by atoms with Gasteiger partial charge in [0.15, 0.2) is 5.65 Å². The molecule has 5 rings (SSSR count). The summed E-state index contributed by atoms with van der Waals surface area (Å²) < 4.78 is 17.4. The maximum Gasteiger partial charge on any atom is 0.274 e. The molecule has 29 heavy (non-hydrogen) atoms. The molecule has 0 amide bonds. The molecule has 148 valence electrons. The maximum absolute atomic E-state index is 14.3. The topological polar surface area (TPSA) is 77.1 Å². The molecule has 2 atom stereocenters. The SMILES string of the molecule is Cc1cn2nc(-c3ccc4c(=O)n(C5CCNCC5F)ncc4c3)cc(C)c2n1. The molecule has 0 saturated carbocycles. The van der Waals surface area contributed by atoms with Gasteiger partial charge in [-0.1, -0.05) is 6.07 Å². The van der Waals surface area contributed by atoms with Gasteiger partial charge in [0.1, 0.15) is 6.17 Å². The van der Waals surface area contributed by atoms with Gasteiger partial charge in [0.05, 0.1) is 35.2 Å². The molecule has 7 nitrogen and oxygen atoms in total. The lowest BCUT2D eigenvalue weighted by atomic mass is 10.0. The van der Waals surface area contributed by atoms with Gasteiger partial charge in [-0.05, 0) is 50.6 Å². The minimum atomic E-state index is -1.12. The zero-order chi connectivity index (χ0) is 20.1. The summed E-state index contributed by atoms with van der Waals surface area (Å²) >= 11 is 0.